The normalized spacial score (nSPS) is 31.4. The maximum absolute atomic E-state index is 13.4. The van der Waals surface area contributed by atoms with Crippen LogP contribution in [-0.4, -0.2) is 206 Å². The Kier molecular flexibility index (Phi) is 34.9. The van der Waals surface area contributed by atoms with Crippen molar-refractivity contribution in [2.45, 2.75) is 317 Å². The highest BCUT2D eigenvalue weighted by Gasteiger charge is 2.60. The van der Waals surface area contributed by atoms with Crippen molar-refractivity contribution in [3.8, 4) is 0 Å². The number of carbonyl (C=O) groups excluding carboxylic acids is 2. The Morgan fingerprint density at radius 3 is 1.70 bits per heavy atom. The van der Waals surface area contributed by atoms with Crippen molar-refractivity contribution in [3.05, 3.63) is 12.2 Å². The molecule has 18 atom stereocenters. The summed E-state index contributed by atoms with van der Waals surface area (Å²) in [5, 5.41) is 114. The Labute approximate surface area is 476 Å². The van der Waals surface area contributed by atoms with Gasteiger partial charge < -0.3 is 94.9 Å². The number of nitrogens with one attached hydrogen (secondary N) is 2. The number of rotatable bonds is 42. The van der Waals surface area contributed by atoms with E-state index in [0.717, 1.165) is 44.9 Å². The van der Waals surface area contributed by atoms with Gasteiger partial charge in [-0.2, -0.15) is 0 Å². The van der Waals surface area contributed by atoms with Crippen molar-refractivity contribution in [3.63, 3.8) is 0 Å². The van der Waals surface area contributed by atoms with Gasteiger partial charge in [-0.05, 0) is 19.3 Å². The van der Waals surface area contributed by atoms with Crippen molar-refractivity contribution in [2.24, 2.45) is 0 Å². The van der Waals surface area contributed by atoms with Crippen LogP contribution in [0, 0.1) is 0 Å². The molecule has 4 aliphatic heterocycles. The molecular weight excluding hydrogens is 1040 g/mol. The molecule has 2 amide bonds. The van der Waals surface area contributed by atoms with E-state index < -0.39 is 142 Å². The van der Waals surface area contributed by atoms with Crippen molar-refractivity contribution in [1.82, 2.24) is 10.6 Å². The summed E-state index contributed by atoms with van der Waals surface area (Å²) >= 11 is 0. The van der Waals surface area contributed by atoms with Gasteiger partial charge in [-0.3, -0.25) is 9.59 Å². The Morgan fingerprint density at radius 2 is 1.18 bits per heavy atom. The topological polar surface area (TPSA) is 325 Å². The van der Waals surface area contributed by atoms with Gasteiger partial charge in [-0.15, -0.1) is 0 Å². The van der Waals surface area contributed by atoms with Crippen LogP contribution in [0.25, 0.3) is 0 Å². The lowest BCUT2D eigenvalue weighted by Crippen LogP contribution is -2.73. The molecule has 4 rings (SSSR count). The third kappa shape index (κ3) is 23.8. The number of aliphatic hydroxyl groups excluding tert-OH is 10. The van der Waals surface area contributed by atoms with E-state index in [2.05, 4.69) is 24.5 Å². The van der Waals surface area contributed by atoms with E-state index >= 15 is 0 Å². The zero-order chi connectivity index (χ0) is 58.3. The second-order valence-corrected chi connectivity index (χ2v) is 23.1. The van der Waals surface area contributed by atoms with Crippen molar-refractivity contribution >= 4 is 11.8 Å². The molecule has 0 bridgehead atoms. The minimum absolute atomic E-state index is 0.248. The molecule has 0 aromatic heterocycles. The smallest absolute Gasteiger partial charge is 0.220 e. The monoisotopic (exact) mass is 1150 g/mol. The number of fused-ring (bicyclic) bond motifs is 1. The summed E-state index contributed by atoms with van der Waals surface area (Å²) in [6, 6.07) is -2.24. The quantitative estimate of drug-likeness (QED) is 0.0302. The van der Waals surface area contributed by atoms with Gasteiger partial charge in [-0.1, -0.05) is 180 Å². The second-order valence-electron chi connectivity index (χ2n) is 23.1. The van der Waals surface area contributed by atoms with Crippen LogP contribution in [0.15, 0.2) is 12.2 Å². The number of amides is 2. The van der Waals surface area contributed by atoms with Crippen LogP contribution in [0.5, 0.6) is 0 Å². The van der Waals surface area contributed by atoms with E-state index in [4.69, 9.17) is 33.2 Å². The number of aliphatic hydroxyl groups is 10. The lowest BCUT2D eigenvalue weighted by Gasteiger charge is -2.56. The summed E-state index contributed by atoms with van der Waals surface area (Å²) in [5.41, 5.74) is 0. The van der Waals surface area contributed by atoms with Gasteiger partial charge in [0.05, 0.1) is 50.7 Å². The molecule has 0 aromatic rings. The SMILES string of the molecule is CCCCCCCCCCCCC/C=C/[C@@H](O)[C@H](CO[C@@H]1O[C@H](CO)[C@@H](O[C@H]2O[C@H](CO)[C@H](O)[C@@H]3O[C@@]4(CO[C@@H]23)C[C@H](O)[C@@H](NC(C)=O)[C@H]([C@H](O)[C@H](O)CO)O4)[C@H](O)[C@H]1O)NC(=O)CCCCCCCCCCCCCCCCC. The third-order valence-electron chi connectivity index (χ3n) is 16.2. The van der Waals surface area contributed by atoms with E-state index in [1.165, 1.54) is 129 Å². The maximum atomic E-state index is 13.4. The zero-order valence-corrected chi connectivity index (χ0v) is 48.7. The van der Waals surface area contributed by atoms with Crippen molar-refractivity contribution in [1.29, 1.82) is 0 Å². The van der Waals surface area contributed by atoms with E-state index in [1.807, 2.05) is 6.08 Å². The summed E-state index contributed by atoms with van der Waals surface area (Å²) in [4.78, 5) is 25.4. The van der Waals surface area contributed by atoms with Gasteiger partial charge in [0.1, 0.15) is 73.8 Å². The fourth-order valence-electron chi connectivity index (χ4n) is 11.4. The number of hydrogen-bond acceptors (Lipinski definition) is 19. The fraction of sp³-hybridized carbons (Fsp3) is 0.932. The van der Waals surface area contributed by atoms with Crippen molar-refractivity contribution in [2.75, 3.05) is 33.0 Å². The first-order chi connectivity index (χ1) is 38.6. The molecule has 21 nitrogen and oxygen atoms in total. The van der Waals surface area contributed by atoms with Crippen LogP contribution in [0.1, 0.15) is 207 Å². The average molecular weight is 1150 g/mol. The number of ether oxygens (including phenoxy) is 7. The molecule has 0 radical (unpaired) electrons. The van der Waals surface area contributed by atoms with Crippen LogP contribution in [0.4, 0.5) is 0 Å². The first-order valence-electron chi connectivity index (χ1n) is 31.0. The molecule has 0 saturated carbocycles. The summed E-state index contributed by atoms with van der Waals surface area (Å²) < 4.78 is 42.6. The molecule has 1 spiro atoms. The Hall–Kier alpha value is -2.00. The maximum Gasteiger partial charge on any atom is 0.220 e. The molecule has 4 saturated heterocycles. The van der Waals surface area contributed by atoms with E-state index in [9.17, 15) is 60.7 Å². The predicted molar refractivity (Wildman–Crippen MR) is 298 cm³/mol. The number of unbranched alkanes of at least 4 members (excludes halogenated alkanes) is 25. The Morgan fingerprint density at radius 1 is 0.650 bits per heavy atom. The van der Waals surface area contributed by atoms with Gasteiger partial charge in [0.15, 0.2) is 18.4 Å². The molecule has 4 fully saturated rings. The summed E-state index contributed by atoms with van der Waals surface area (Å²) in [5.74, 6) is -2.79. The van der Waals surface area contributed by atoms with Crippen LogP contribution in [0.3, 0.4) is 0 Å². The molecule has 468 valence electrons. The Bertz CT molecular complexity index is 1670. The lowest BCUT2D eigenvalue weighted by molar-refractivity contribution is -0.434. The minimum atomic E-state index is -1.93. The highest BCUT2D eigenvalue weighted by Crippen LogP contribution is 2.42. The first-order valence-corrected chi connectivity index (χ1v) is 31.0. The summed E-state index contributed by atoms with van der Waals surface area (Å²) in [6.07, 6.45) is 12.2. The largest absolute Gasteiger partial charge is 0.394 e. The molecular formula is C59H108N2O19. The average Bonchev–Trinajstić information content (AvgIpc) is 3.65. The van der Waals surface area contributed by atoms with Gasteiger partial charge in [0, 0.05) is 19.8 Å². The second kappa shape index (κ2) is 39.6. The van der Waals surface area contributed by atoms with Crippen LogP contribution in [-0.2, 0) is 42.7 Å². The zero-order valence-electron chi connectivity index (χ0n) is 48.7. The molecule has 4 heterocycles. The van der Waals surface area contributed by atoms with Gasteiger partial charge in [0.25, 0.3) is 0 Å². The number of hydrogen-bond donors (Lipinski definition) is 12. The van der Waals surface area contributed by atoms with Crippen LogP contribution >= 0.6 is 0 Å². The summed E-state index contributed by atoms with van der Waals surface area (Å²) in [7, 11) is 0. The minimum Gasteiger partial charge on any atom is -0.394 e. The molecule has 12 N–H and O–H groups in total. The molecule has 0 aliphatic carbocycles. The highest BCUT2D eigenvalue weighted by atomic mass is 16.8. The number of allylic oxidation sites excluding steroid dienone is 1. The van der Waals surface area contributed by atoms with E-state index in [1.54, 1.807) is 6.08 Å². The lowest BCUT2D eigenvalue weighted by atomic mass is 9.87. The summed E-state index contributed by atoms with van der Waals surface area (Å²) in [6.45, 7) is 2.35. The fourth-order valence-corrected chi connectivity index (χ4v) is 11.4. The standard InChI is InChI=1S/C59H108N2O19/c1-4-6-8-10-12-14-16-18-19-21-23-25-27-29-31-33-47(69)61-41(42(66)32-30-28-26-24-22-20-17-15-13-11-9-7-5-2)38-74-57-52(73)51(72)53(46(37-64)77-57)78-58-56-55(50(71)45(36-63)76-58)80-59(39-75-56)34-43(67)48(60-40(3)65)54(79-59)49(70)44(68)35-62/h30,32,41-46,48-58,62-64,66-68,70-73H,4-29,31,33-39H2,1-3H3,(H,60,65)(H,61,69)/b32-30+/t41-,42+,43-,44+,45+,46+,48+,49+,50-,51+,52+,53+,54+,55-,56+,57+,58+,59+/m0/s1. The van der Waals surface area contributed by atoms with E-state index in [0.29, 0.717) is 6.42 Å². The highest BCUT2D eigenvalue weighted by molar-refractivity contribution is 5.76. The number of carbonyl (C=O) groups is 2. The molecule has 0 aromatic carbocycles. The third-order valence-corrected chi connectivity index (χ3v) is 16.2. The molecule has 21 heteroatoms. The molecule has 80 heavy (non-hydrogen) atoms. The van der Waals surface area contributed by atoms with Gasteiger partial charge in [-0.25, -0.2) is 0 Å². The van der Waals surface area contributed by atoms with Gasteiger partial charge >= 0.3 is 0 Å². The predicted octanol–water partition coefficient (Wildman–Crippen LogP) is 4.12. The first kappa shape index (κ1) is 70.5. The van der Waals surface area contributed by atoms with Crippen molar-refractivity contribution < 1.29 is 93.8 Å². The Balaban J connectivity index is 1.34. The van der Waals surface area contributed by atoms with E-state index in [-0.39, 0.29) is 25.4 Å². The van der Waals surface area contributed by atoms with Crippen LogP contribution < -0.4 is 10.6 Å². The molecule has 0 unspecified atom stereocenters. The van der Waals surface area contributed by atoms with Crippen LogP contribution in [0.2, 0.25) is 0 Å². The van der Waals surface area contributed by atoms with Gasteiger partial charge in [0.2, 0.25) is 11.8 Å². The molecule has 4 aliphatic rings.